The molecule has 0 amide bonds. The highest BCUT2D eigenvalue weighted by atomic mass is 32.2. The van der Waals surface area contributed by atoms with Crippen LogP contribution in [0.15, 0.2) is 54.9 Å². The standard InChI is InChI=1S/C30H31F4N5O3S/c1-18-5-6-21-22(7-8-25(32)24(21)17-43(40,41)13-10-30(2,33)34)27(18)42-28-23(4-3-11-36-28)26-9-12-37-29(39-26)38-20-14-19(31)15-35-16-20/h3-9,11-12,19-20,35H,10,13-17H2,1-2H3,(H,37,38,39)/t19-,20-/m1/s1. The van der Waals surface area contributed by atoms with Crippen molar-refractivity contribution in [2.75, 3.05) is 24.2 Å². The fraction of sp³-hybridized carbons (Fsp3) is 0.367. The van der Waals surface area contributed by atoms with Gasteiger partial charge in [-0.1, -0.05) is 12.1 Å². The van der Waals surface area contributed by atoms with E-state index in [1.165, 1.54) is 12.3 Å². The van der Waals surface area contributed by atoms with Gasteiger partial charge in [0, 0.05) is 55.3 Å². The summed E-state index contributed by atoms with van der Waals surface area (Å²) in [6, 6.07) is 10.8. The van der Waals surface area contributed by atoms with Gasteiger partial charge >= 0.3 is 0 Å². The van der Waals surface area contributed by atoms with Gasteiger partial charge < -0.3 is 15.4 Å². The number of hydrogen-bond acceptors (Lipinski definition) is 8. The summed E-state index contributed by atoms with van der Waals surface area (Å²) >= 11 is 0. The zero-order chi connectivity index (χ0) is 30.8. The molecular weight excluding hydrogens is 586 g/mol. The Morgan fingerprint density at radius 3 is 2.63 bits per heavy atom. The third-order valence-corrected chi connectivity index (χ3v) is 8.71. The summed E-state index contributed by atoms with van der Waals surface area (Å²) in [5.41, 5.74) is 1.57. The van der Waals surface area contributed by atoms with E-state index in [0.717, 1.165) is 6.07 Å². The molecule has 13 heteroatoms. The number of sulfone groups is 1. The molecule has 0 unspecified atom stereocenters. The maximum atomic E-state index is 15.0. The zero-order valence-corrected chi connectivity index (χ0v) is 24.4. The summed E-state index contributed by atoms with van der Waals surface area (Å²) in [7, 11) is -4.04. The van der Waals surface area contributed by atoms with Crippen LogP contribution >= 0.6 is 0 Å². The third kappa shape index (κ3) is 7.57. The molecule has 0 aliphatic carbocycles. The number of hydrogen-bond donors (Lipinski definition) is 2. The number of nitrogens with zero attached hydrogens (tertiary/aromatic N) is 3. The van der Waals surface area contributed by atoms with E-state index < -0.39 is 45.7 Å². The van der Waals surface area contributed by atoms with Crippen molar-refractivity contribution in [3.8, 4) is 22.9 Å². The van der Waals surface area contributed by atoms with Crippen LogP contribution in [-0.2, 0) is 15.6 Å². The van der Waals surface area contributed by atoms with Crippen LogP contribution in [0.2, 0.25) is 0 Å². The van der Waals surface area contributed by atoms with Crippen LogP contribution < -0.4 is 15.4 Å². The summed E-state index contributed by atoms with van der Waals surface area (Å²) in [6.45, 7) is 3.31. The quantitative estimate of drug-likeness (QED) is 0.209. The third-order valence-electron chi connectivity index (χ3n) is 7.15. The normalized spacial score (nSPS) is 17.6. The molecule has 4 aromatic rings. The molecule has 1 fully saturated rings. The maximum absolute atomic E-state index is 15.0. The molecular formula is C30H31F4N5O3S. The molecule has 0 bridgehead atoms. The van der Waals surface area contributed by atoms with E-state index in [2.05, 4.69) is 25.6 Å². The Bertz CT molecular complexity index is 1730. The van der Waals surface area contributed by atoms with E-state index in [-0.39, 0.29) is 22.9 Å². The van der Waals surface area contributed by atoms with Crippen molar-refractivity contribution < 1.29 is 30.7 Å². The minimum absolute atomic E-state index is 0.123. The number of pyridine rings is 1. The zero-order valence-electron chi connectivity index (χ0n) is 23.6. The van der Waals surface area contributed by atoms with Gasteiger partial charge in [-0.05, 0) is 55.1 Å². The summed E-state index contributed by atoms with van der Waals surface area (Å²) < 4.78 is 87.2. The van der Waals surface area contributed by atoms with Crippen molar-refractivity contribution >= 4 is 26.6 Å². The number of halogens is 4. The molecule has 43 heavy (non-hydrogen) atoms. The Labute approximate surface area is 246 Å². The first-order chi connectivity index (χ1) is 20.4. The van der Waals surface area contributed by atoms with Gasteiger partial charge in [-0.25, -0.2) is 40.9 Å². The first-order valence-corrected chi connectivity index (χ1v) is 15.6. The molecule has 2 aromatic carbocycles. The number of aryl methyl sites for hydroxylation is 1. The van der Waals surface area contributed by atoms with Crippen LogP contribution in [0.3, 0.4) is 0 Å². The molecule has 2 N–H and O–H groups in total. The number of anilines is 1. The van der Waals surface area contributed by atoms with Crippen LogP contribution in [-0.4, -0.2) is 60.3 Å². The molecule has 0 radical (unpaired) electrons. The highest BCUT2D eigenvalue weighted by molar-refractivity contribution is 7.90. The second kappa shape index (κ2) is 12.4. The lowest BCUT2D eigenvalue weighted by Crippen LogP contribution is -2.44. The summed E-state index contributed by atoms with van der Waals surface area (Å²) in [6.07, 6.45) is 1.61. The van der Waals surface area contributed by atoms with Crippen LogP contribution in [0.4, 0.5) is 23.5 Å². The molecule has 2 atom stereocenters. The molecule has 1 aliphatic heterocycles. The van der Waals surface area contributed by atoms with Gasteiger partial charge in [-0.2, -0.15) is 0 Å². The Morgan fingerprint density at radius 1 is 1.07 bits per heavy atom. The average Bonchev–Trinajstić information content (AvgIpc) is 2.95. The van der Waals surface area contributed by atoms with Gasteiger partial charge in [0.2, 0.25) is 17.8 Å². The molecule has 5 rings (SSSR count). The van der Waals surface area contributed by atoms with Gasteiger partial charge in [-0.3, -0.25) is 0 Å². The van der Waals surface area contributed by atoms with Gasteiger partial charge in [-0.15, -0.1) is 0 Å². The Hall–Kier alpha value is -3.84. The van der Waals surface area contributed by atoms with E-state index >= 15 is 0 Å². The monoisotopic (exact) mass is 617 g/mol. The van der Waals surface area contributed by atoms with Gasteiger partial charge in [0.25, 0.3) is 0 Å². The Balaban J connectivity index is 1.47. The van der Waals surface area contributed by atoms with Crippen molar-refractivity contribution in [1.82, 2.24) is 20.3 Å². The van der Waals surface area contributed by atoms with E-state index in [4.69, 9.17) is 4.74 Å². The number of aromatic nitrogens is 3. The first kappa shape index (κ1) is 30.6. The molecule has 1 saturated heterocycles. The van der Waals surface area contributed by atoms with Gasteiger partial charge in [0.15, 0.2) is 9.84 Å². The number of benzene rings is 2. The molecule has 0 saturated carbocycles. The van der Waals surface area contributed by atoms with Crippen molar-refractivity contribution in [1.29, 1.82) is 0 Å². The summed E-state index contributed by atoms with van der Waals surface area (Å²) in [5.74, 6) is -4.60. The molecule has 228 valence electrons. The van der Waals surface area contributed by atoms with E-state index in [1.807, 2.05) is 0 Å². The summed E-state index contributed by atoms with van der Waals surface area (Å²) in [5, 5.41) is 6.90. The number of fused-ring (bicyclic) bond motifs is 1. The Morgan fingerprint density at radius 2 is 1.86 bits per heavy atom. The highest BCUT2D eigenvalue weighted by Gasteiger charge is 2.27. The fourth-order valence-electron chi connectivity index (χ4n) is 4.96. The van der Waals surface area contributed by atoms with Crippen molar-refractivity contribution in [3.63, 3.8) is 0 Å². The first-order valence-electron chi connectivity index (χ1n) is 13.7. The number of nitrogens with one attached hydrogen (secondary N) is 2. The number of piperidine rings is 1. The van der Waals surface area contributed by atoms with Crippen LogP contribution in [0.25, 0.3) is 22.0 Å². The molecule has 3 heterocycles. The predicted molar refractivity (Wildman–Crippen MR) is 157 cm³/mol. The average molecular weight is 618 g/mol. The van der Waals surface area contributed by atoms with Gasteiger partial charge in [0.1, 0.15) is 17.7 Å². The second-order valence-electron chi connectivity index (χ2n) is 10.8. The van der Waals surface area contributed by atoms with Crippen LogP contribution in [0.5, 0.6) is 11.6 Å². The maximum Gasteiger partial charge on any atom is 0.246 e. The fourth-order valence-corrected chi connectivity index (χ4v) is 6.50. The molecule has 1 aliphatic rings. The molecule has 2 aromatic heterocycles. The van der Waals surface area contributed by atoms with E-state index in [0.29, 0.717) is 60.3 Å². The topological polar surface area (TPSA) is 106 Å². The van der Waals surface area contributed by atoms with E-state index in [1.54, 1.807) is 43.5 Å². The molecule has 8 nitrogen and oxygen atoms in total. The van der Waals surface area contributed by atoms with E-state index in [9.17, 15) is 26.0 Å². The summed E-state index contributed by atoms with van der Waals surface area (Å²) in [4.78, 5) is 13.3. The smallest absolute Gasteiger partial charge is 0.246 e. The SMILES string of the molecule is Cc1ccc2c(CS(=O)(=O)CCC(C)(F)F)c(F)ccc2c1Oc1ncccc1-c1ccnc(N[C@H]2CNC[C@H](F)C2)n1. The van der Waals surface area contributed by atoms with Crippen molar-refractivity contribution in [3.05, 3.63) is 71.8 Å². The number of rotatable bonds is 10. The van der Waals surface area contributed by atoms with Crippen LogP contribution in [0.1, 0.15) is 30.9 Å². The highest BCUT2D eigenvalue weighted by Crippen LogP contribution is 2.38. The second-order valence-corrected chi connectivity index (χ2v) is 13.0. The number of ether oxygens (including phenoxy) is 1. The predicted octanol–water partition coefficient (Wildman–Crippen LogP) is 6.00. The number of alkyl halides is 3. The largest absolute Gasteiger partial charge is 0.437 e. The van der Waals surface area contributed by atoms with Gasteiger partial charge in [0.05, 0.1) is 22.8 Å². The lowest BCUT2D eigenvalue weighted by atomic mass is 10.0. The van der Waals surface area contributed by atoms with Crippen LogP contribution in [0, 0.1) is 12.7 Å². The lowest BCUT2D eigenvalue weighted by Gasteiger charge is -2.26. The lowest BCUT2D eigenvalue weighted by molar-refractivity contribution is 0.0189. The minimum Gasteiger partial charge on any atom is -0.437 e. The Kier molecular flexibility index (Phi) is 8.84. The molecule has 0 spiro atoms. The van der Waals surface area contributed by atoms with Crippen molar-refractivity contribution in [2.24, 2.45) is 0 Å². The van der Waals surface area contributed by atoms with Crippen molar-refractivity contribution in [2.45, 2.75) is 50.6 Å². The minimum atomic E-state index is -4.04.